The van der Waals surface area contributed by atoms with Gasteiger partial charge in [0.1, 0.15) is 5.75 Å². The highest BCUT2D eigenvalue weighted by atomic mass is 32.2. The van der Waals surface area contributed by atoms with Crippen LogP contribution in [-0.2, 0) is 14.8 Å². The van der Waals surface area contributed by atoms with Crippen molar-refractivity contribution in [2.24, 2.45) is 0 Å². The molecule has 0 unspecified atom stereocenters. The van der Waals surface area contributed by atoms with Crippen LogP contribution >= 0.6 is 0 Å². The van der Waals surface area contributed by atoms with Crippen LogP contribution in [-0.4, -0.2) is 45.4 Å². The Balaban J connectivity index is 2.42. The van der Waals surface area contributed by atoms with Gasteiger partial charge in [0.2, 0.25) is 10.0 Å². The standard InChI is InChI=1S/C16H23N3O5S/c1-5-23-14-7-6-12(25(20,21)17-8-9-22-4)10-13(14)16-18-15(11(2)3)19-24-16/h6-7,10-11,17H,5,8-9H2,1-4H3. The van der Waals surface area contributed by atoms with Crippen molar-refractivity contribution in [1.29, 1.82) is 0 Å². The van der Waals surface area contributed by atoms with Gasteiger partial charge >= 0.3 is 0 Å². The second kappa shape index (κ2) is 8.41. The molecule has 2 rings (SSSR count). The number of sulfonamides is 1. The van der Waals surface area contributed by atoms with Gasteiger partial charge in [-0.15, -0.1) is 0 Å². The highest BCUT2D eigenvalue weighted by Gasteiger charge is 2.21. The number of nitrogens with zero attached hydrogens (tertiary/aromatic N) is 2. The minimum absolute atomic E-state index is 0.0892. The molecular formula is C16H23N3O5S. The molecule has 0 saturated heterocycles. The summed E-state index contributed by atoms with van der Waals surface area (Å²) in [5.41, 5.74) is 0.441. The first kappa shape index (κ1) is 19.4. The SMILES string of the molecule is CCOc1ccc(S(=O)(=O)NCCOC)cc1-c1nc(C(C)C)no1. The molecule has 1 aromatic carbocycles. The van der Waals surface area contributed by atoms with E-state index in [-0.39, 0.29) is 29.9 Å². The number of aromatic nitrogens is 2. The molecule has 0 amide bonds. The smallest absolute Gasteiger partial charge is 0.261 e. The van der Waals surface area contributed by atoms with Crippen LogP contribution in [0.1, 0.15) is 32.5 Å². The van der Waals surface area contributed by atoms with Crippen molar-refractivity contribution < 1.29 is 22.4 Å². The molecule has 138 valence electrons. The number of benzene rings is 1. The highest BCUT2D eigenvalue weighted by molar-refractivity contribution is 7.89. The topological polar surface area (TPSA) is 104 Å². The van der Waals surface area contributed by atoms with Gasteiger partial charge in [-0.25, -0.2) is 13.1 Å². The Kier molecular flexibility index (Phi) is 6.51. The monoisotopic (exact) mass is 369 g/mol. The van der Waals surface area contributed by atoms with Crippen LogP contribution in [0.3, 0.4) is 0 Å². The molecule has 0 saturated carbocycles. The summed E-state index contributed by atoms with van der Waals surface area (Å²) in [7, 11) is -2.17. The normalized spacial score (nSPS) is 11.9. The lowest BCUT2D eigenvalue weighted by atomic mass is 10.2. The number of nitrogens with one attached hydrogen (secondary N) is 1. The quantitative estimate of drug-likeness (QED) is 0.676. The van der Waals surface area contributed by atoms with Crippen LogP contribution in [0.2, 0.25) is 0 Å². The van der Waals surface area contributed by atoms with Crippen molar-refractivity contribution in [2.75, 3.05) is 26.9 Å². The molecule has 0 atom stereocenters. The van der Waals surface area contributed by atoms with Gasteiger partial charge in [0.05, 0.1) is 23.7 Å². The molecule has 0 bridgehead atoms. The first-order valence-corrected chi connectivity index (χ1v) is 9.46. The fourth-order valence-electron chi connectivity index (χ4n) is 2.06. The van der Waals surface area contributed by atoms with E-state index in [1.807, 2.05) is 20.8 Å². The Labute approximate surface area is 147 Å². The lowest BCUT2D eigenvalue weighted by molar-refractivity contribution is 0.204. The Morgan fingerprint density at radius 3 is 2.68 bits per heavy atom. The summed E-state index contributed by atoms with van der Waals surface area (Å²) in [6, 6.07) is 4.53. The Bertz CT molecular complexity index is 802. The number of ether oxygens (including phenoxy) is 2. The van der Waals surface area contributed by atoms with E-state index in [0.717, 1.165) is 0 Å². The number of rotatable bonds is 9. The third kappa shape index (κ3) is 4.77. The largest absolute Gasteiger partial charge is 0.493 e. The van der Waals surface area contributed by atoms with Gasteiger partial charge < -0.3 is 14.0 Å². The van der Waals surface area contributed by atoms with Crippen LogP contribution in [0.5, 0.6) is 5.75 Å². The second-order valence-electron chi connectivity index (χ2n) is 5.59. The number of methoxy groups -OCH3 is 1. The Morgan fingerprint density at radius 1 is 1.32 bits per heavy atom. The fraction of sp³-hybridized carbons (Fsp3) is 0.500. The molecule has 0 aliphatic rings. The van der Waals surface area contributed by atoms with Gasteiger partial charge in [-0.1, -0.05) is 19.0 Å². The van der Waals surface area contributed by atoms with Crippen molar-refractivity contribution >= 4 is 10.0 Å². The molecule has 1 heterocycles. The Morgan fingerprint density at radius 2 is 2.08 bits per heavy atom. The van der Waals surface area contributed by atoms with Gasteiger partial charge in [0.15, 0.2) is 5.82 Å². The molecule has 25 heavy (non-hydrogen) atoms. The zero-order valence-electron chi connectivity index (χ0n) is 14.8. The lowest BCUT2D eigenvalue weighted by Gasteiger charge is -2.11. The average molecular weight is 369 g/mol. The molecule has 9 heteroatoms. The van der Waals surface area contributed by atoms with Crippen molar-refractivity contribution in [3.05, 3.63) is 24.0 Å². The summed E-state index contributed by atoms with van der Waals surface area (Å²) in [5, 5.41) is 3.92. The molecule has 0 spiro atoms. The summed E-state index contributed by atoms with van der Waals surface area (Å²) >= 11 is 0. The van der Waals surface area contributed by atoms with E-state index in [4.69, 9.17) is 14.0 Å². The van der Waals surface area contributed by atoms with Crippen LogP contribution in [0.4, 0.5) is 0 Å². The molecular weight excluding hydrogens is 346 g/mol. The van der Waals surface area contributed by atoms with E-state index in [1.54, 1.807) is 6.07 Å². The number of hydrogen-bond acceptors (Lipinski definition) is 7. The van der Waals surface area contributed by atoms with Crippen molar-refractivity contribution in [3.8, 4) is 17.2 Å². The summed E-state index contributed by atoms with van der Waals surface area (Å²) in [6.45, 7) is 6.62. The lowest BCUT2D eigenvalue weighted by Crippen LogP contribution is -2.27. The maximum Gasteiger partial charge on any atom is 0.261 e. The molecule has 8 nitrogen and oxygen atoms in total. The zero-order valence-corrected chi connectivity index (χ0v) is 15.6. The third-order valence-corrected chi connectivity index (χ3v) is 4.81. The first-order valence-electron chi connectivity index (χ1n) is 7.98. The van der Waals surface area contributed by atoms with Gasteiger partial charge in [-0.3, -0.25) is 0 Å². The first-order chi connectivity index (χ1) is 11.9. The van der Waals surface area contributed by atoms with Crippen LogP contribution in [0.25, 0.3) is 11.5 Å². The highest BCUT2D eigenvalue weighted by Crippen LogP contribution is 2.32. The van der Waals surface area contributed by atoms with Crippen molar-refractivity contribution in [3.63, 3.8) is 0 Å². The predicted molar refractivity (Wildman–Crippen MR) is 92.1 cm³/mol. The van der Waals surface area contributed by atoms with E-state index in [1.165, 1.54) is 19.2 Å². The molecule has 0 aliphatic carbocycles. The molecule has 0 aliphatic heterocycles. The van der Waals surface area contributed by atoms with Crippen molar-refractivity contribution in [2.45, 2.75) is 31.6 Å². The average Bonchev–Trinajstić information content (AvgIpc) is 3.05. The van der Waals surface area contributed by atoms with Gasteiger partial charge in [-0.05, 0) is 25.1 Å². The van der Waals surface area contributed by atoms with Crippen LogP contribution < -0.4 is 9.46 Å². The van der Waals surface area contributed by atoms with E-state index in [9.17, 15) is 8.42 Å². The fourth-order valence-corrected chi connectivity index (χ4v) is 3.10. The summed E-state index contributed by atoms with van der Waals surface area (Å²) < 4.78 is 43.0. The molecule has 1 N–H and O–H groups in total. The summed E-state index contributed by atoms with van der Waals surface area (Å²) in [5.74, 6) is 1.35. The predicted octanol–water partition coefficient (Wildman–Crippen LogP) is 2.18. The second-order valence-corrected chi connectivity index (χ2v) is 7.36. The van der Waals surface area contributed by atoms with E-state index < -0.39 is 10.0 Å². The van der Waals surface area contributed by atoms with E-state index in [0.29, 0.717) is 23.7 Å². The minimum atomic E-state index is -3.68. The molecule has 0 fully saturated rings. The molecule has 0 radical (unpaired) electrons. The van der Waals surface area contributed by atoms with E-state index >= 15 is 0 Å². The zero-order chi connectivity index (χ0) is 18.4. The maximum atomic E-state index is 12.4. The number of hydrogen-bond donors (Lipinski definition) is 1. The third-order valence-electron chi connectivity index (χ3n) is 3.35. The summed E-state index contributed by atoms with van der Waals surface area (Å²) in [6.07, 6.45) is 0. The molecule has 2 aromatic rings. The van der Waals surface area contributed by atoms with Gasteiger partial charge in [-0.2, -0.15) is 4.98 Å². The Hall–Kier alpha value is -1.97. The van der Waals surface area contributed by atoms with Gasteiger partial charge in [0, 0.05) is 19.6 Å². The maximum absolute atomic E-state index is 12.4. The van der Waals surface area contributed by atoms with Crippen molar-refractivity contribution in [1.82, 2.24) is 14.9 Å². The minimum Gasteiger partial charge on any atom is -0.493 e. The van der Waals surface area contributed by atoms with Crippen LogP contribution in [0.15, 0.2) is 27.6 Å². The van der Waals surface area contributed by atoms with E-state index in [2.05, 4.69) is 14.9 Å². The van der Waals surface area contributed by atoms with Crippen LogP contribution in [0, 0.1) is 0 Å². The summed E-state index contributed by atoms with van der Waals surface area (Å²) in [4.78, 5) is 4.42. The molecule has 1 aromatic heterocycles. The van der Waals surface area contributed by atoms with Gasteiger partial charge in [0.25, 0.3) is 5.89 Å².